The highest BCUT2D eigenvalue weighted by atomic mass is 127. The summed E-state index contributed by atoms with van der Waals surface area (Å²) in [4.78, 5) is 7.83. The molecule has 152 valence electrons. The Labute approximate surface area is 179 Å². The average molecular weight is 488 g/mol. The second-order valence-electron chi connectivity index (χ2n) is 6.44. The molecule has 4 N–H and O–H groups in total. The number of methoxy groups -OCH3 is 2. The van der Waals surface area contributed by atoms with E-state index in [1.807, 2.05) is 12.1 Å². The van der Waals surface area contributed by atoms with Crippen LogP contribution < -0.4 is 20.5 Å². The van der Waals surface area contributed by atoms with Crippen molar-refractivity contribution < 1.29 is 9.47 Å². The van der Waals surface area contributed by atoms with E-state index in [9.17, 15) is 0 Å². The summed E-state index contributed by atoms with van der Waals surface area (Å²) in [5, 5.41) is 4.25. The van der Waals surface area contributed by atoms with Gasteiger partial charge in [0.25, 0.3) is 0 Å². The Hall–Kier alpha value is -1.64. The normalized spacial score (nSPS) is 11.3. The van der Waals surface area contributed by atoms with Crippen molar-refractivity contribution in [1.29, 1.82) is 0 Å². The number of nitrogens with two attached hydrogens (primary N) is 1. The van der Waals surface area contributed by atoms with Crippen molar-refractivity contribution in [3.8, 4) is 11.5 Å². The molecule has 6 nitrogen and oxygen atoms in total. The van der Waals surface area contributed by atoms with Crippen molar-refractivity contribution in [2.45, 2.75) is 45.4 Å². The first-order valence-electron chi connectivity index (χ1n) is 9.45. The number of guanidine groups is 1. The summed E-state index contributed by atoms with van der Waals surface area (Å²) in [5.74, 6) is 2.14. The molecule has 0 radical (unpaired) electrons. The molecule has 0 unspecified atom stereocenters. The molecule has 27 heavy (non-hydrogen) atoms. The van der Waals surface area contributed by atoms with E-state index in [1.165, 1.54) is 19.3 Å². The van der Waals surface area contributed by atoms with Gasteiger partial charge in [0.2, 0.25) is 0 Å². The summed E-state index contributed by atoms with van der Waals surface area (Å²) >= 11 is 0. The lowest BCUT2D eigenvalue weighted by atomic mass is 10.2. The minimum atomic E-state index is 0. The van der Waals surface area contributed by atoms with Crippen molar-refractivity contribution in [1.82, 2.24) is 10.3 Å². The van der Waals surface area contributed by atoms with Crippen LogP contribution in [0.25, 0.3) is 10.9 Å². The van der Waals surface area contributed by atoms with Gasteiger partial charge in [-0.1, -0.05) is 26.2 Å². The third-order valence-corrected chi connectivity index (χ3v) is 4.41. The van der Waals surface area contributed by atoms with Gasteiger partial charge in [0.1, 0.15) is 11.5 Å². The van der Waals surface area contributed by atoms with Crippen molar-refractivity contribution >= 4 is 40.8 Å². The van der Waals surface area contributed by atoms with Crippen molar-refractivity contribution in [2.24, 2.45) is 10.7 Å². The van der Waals surface area contributed by atoms with Gasteiger partial charge in [0, 0.05) is 36.3 Å². The second-order valence-corrected chi connectivity index (χ2v) is 6.44. The smallest absolute Gasteiger partial charge is 0.188 e. The van der Waals surface area contributed by atoms with Gasteiger partial charge in [-0.3, -0.25) is 4.99 Å². The Kier molecular flexibility index (Phi) is 11.0. The van der Waals surface area contributed by atoms with Crippen LogP contribution in [0.2, 0.25) is 0 Å². The molecular weight excluding hydrogens is 455 g/mol. The minimum Gasteiger partial charge on any atom is -0.497 e. The summed E-state index contributed by atoms with van der Waals surface area (Å²) in [6.07, 6.45) is 6.75. The lowest BCUT2D eigenvalue weighted by Gasteiger charge is -2.05. The first-order valence-corrected chi connectivity index (χ1v) is 9.45. The van der Waals surface area contributed by atoms with Crippen LogP contribution in [0.4, 0.5) is 0 Å². The predicted molar refractivity (Wildman–Crippen MR) is 124 cm³/mol. The van der Waals surface area contributed by atoms with Gasteiger partial charge < -0.3 is 25.5 Å². The summed E-state index contributed by atoms with van der Waals surface area (Å²) in [6.45, 7) is 3.82. The first kappa shape index (κ1) is 23.4. The molecule has 2 aromatic rings. The summed E-state index contributed by atoms with van der Waals surface area (Å²) in [6, 6.07) is 6.02. The third-order valence-electron chi connectivity index (χ3n) is 4.41. The number of unbranched alkanes of at least 4 members (excludes halogenated alkanes) is 3. The molecule has 0 atom stereocenters. The molecule has 2 rings (SSSR count). The fourth-order valence-electron chi connectivity index (χ4n) is 2.95. The van der Waals surface area contributed by atoms with Crippen molar-refractivity contribution in [3.63, 3.8) is 0 Å². The number of ether oxygens (including phenoxy) is 2. The molecule has 0 aliphatic carbocycles. The van der Waals surface area contributed by atoms with E-state index in [4.69, 9.17) is 15.2 Å². The van der Waals surface area contributed by atoms with Gasteiger partial charge in [0.15, 0.2) is 5.96 Å². The zero-order valence-electron chi connectivity index (χ0n) is 16.6. The van der Waals surface area contributed by atoms with E-state index in [0.717, 1.165) is 53.9 Å². The number of benzene rings is 1. The molecule has 0 bridgehead atoms. The Bertz CT molecular complexity index is 715. The number of halogens is 1. The van der Waals surface area contributed by atoms with E-state index in [2.05, 4.69) is 28.3 Å². The Balaban J connectivity index is 0.00000364. The highest BCUT2D eigenvalue weighted by Gasteiger charge is 2.09. The molecule has 0 aliphatic rings. The predicted octanol–water partition coefficient (Wildman–Crippen LogP) is 4.22. The van der Waals surface area contributed by atoms with E-state index >= 15 is 0 Å². The zero-order chi connectivity index (χ0) is 18.8. The highest BCUT2D eigenvalue weighted by Crippen LogP contribution is 2.31. The number of nitrogens with zero attached hydrogens (tertiary/aromatic N) is 1. The molecule has 0 amide bonds. The van der Waals surface area contributed by atoms with E-state index < -0.39 is 0 Å². The Morgan fingerprint density at radius 2 is 1.93 bits per heavy atom. The number of aryl methyl sites for hydroxylation is 1. The number of aliphatic imine (C=N–C) groups is 1. The Morgan fingerprint density at radius 1 is 1.11 bits per heavy atom. The SMILES string of the molecule is CCCCCCNC(N)=NCCCc1cc2c(OC)cc(OC)cc2[nH]1.I. The van der Waals surface area contributed by atoms with Gasteiger partial charge in [0.05, 0.1) is 19.7 Å². The van der Waals surface area contributed by atoms with Crippen LogP contribution in [0, 0.1) is 0 Å². The molecule has 0 fully saturated rings. The lowest BCUT2D eigenvalue weighted by molar-refractivity contribution is 0.398. The van der Waals surface area contributed by atoms with E-state index in [1.54, 1.807) is 14.2 Å². The van der Waals surface area contributed by atoms with Gasteiger partial charge in [-0.05, 0) is 25.3 Å². The molecule has 1 aromatic carbocycles. The maximum Gasteiger partial charge on any atom is 0.188 e. The van der Waals surface area contributed by atoms with Crippen molar-refractivity contribution in [2.75, 3.05) is 27.3 Å². The van der Waals surface area contributed by atoms with Crippen LogP contribution in [0.5, 0.6) is 11.5 Å². The molecule has 0 saturated heterocycles. The fourth-order valence-corrected chi connectivity index (χ4v) is 2.95. The second kappa shape index (κ2) is 12.7. The fraction of sp³-hybridized carbons (Fsp3) is 0.550. The monoisotopic (exact) mass is 488 g/mol. The van der Waals surface area contributed by atoms with Gasteiger partial charge in [-0.25, -0.2) is 0 Å². The molecule has 0 aliphatic heterocycles. The average Bonchev–Trinajstić information content (AvgIpc) is 3.07. The van der Waals surface area contributed by atoms with E-state index in [0.29, 0.717) is 12.5 Å². The number of rotatable bonds is 11. The zero-order valence-corrected chi connectivity index (χ0v) is 19.0. The lowest BCUT2D eigenvalue weighted by Crippen LogP contribution is -2.32. The van der Waals surface area contributed by atoms with Gasteiger partial charge >= 0.3 is 0 Å². The summed E-state index contributed by atoms with van der Waals surface area (Å²) in [7, 11) is 3.33. The number of H-pyrrole nitrogens is 1. The third kappa shape index (κ3) is 7.48. The van der Waals surface area contributed by atoms with Crippen molar-refractivity contribution in [3.05, 3.63) is 23.9 Å². The molecule has 1 aromatic heterocycles. The highest BCUT2D eigenvalue weighted by molar-refractivity contribution is 14.0. The largest absolute Gasteiger partial charge is 0.497 e. The maximum absolute atomic E-state index is 5.90. The summed E-state index contributed by atoms with van der Waals surface area (Å²) in [5.41, 5.74) is 8.08. The summed E-state index contributed by atoms with van der Waals surface area (Å²) < 4.78 is 10.8. The topological polar surface area (TPSA) is 84.7 Å². The standard InChI is InChI=1S/C20H32N4O2.HI/c1-4-5-6-7-10-22-20(21)23-11-8-9-15-12-17-18(24-15)13-16(25-2)14-19(17)26-3;/h12-14,24H,4-11H2,1-3H3,(H3,21,22,23);1H. The van der Waals surface area contributed by atoms with E-state index in [-0.39, 0.29) is 24.0 Å². The van der Waals surface area contributed by atoms with Crippen LogP contribution >= 0.6 is 24.0 Å². The number of nitrogens with one attached hydrogen (secondary N) is 2. The van der Waals surface area contributed by atoms with Crippen LogP contribution in [0.3, 0.4) is 0 Å². The first-order chi connectivity index (χ1) is 12.7. The number of hydrogen-bond acceptors (Lipinski definition) is 3. The molecular formula is C20H33IN4O2. The Morgan fingerprint density at radius 3 is 2.63 bits per heavy atom. The molecule has 0 spiro atoms. The van der Waals surface area contributed by atoms with Crippen LogP contribution in [-0.4, -0.2) is 38.3 Å². The molecule has 7 heteroatoms. The van der Waals surface area contributed by atoms with Gasteiger partial charge in [-0.2, -0.15) is 0 Å². The number of hydrogen-bond donors (Lipinski definition) is 3. The number of fused-ring (bicyclic) bond motifs is 1. The molecule has 1 heterocycles. The maximum atomic E-state index is 5.90. The van der Waals surface area contributed by atoms with Crippen LogP contribution in [-0.2, 0) is 6.42 Å². The van der Waals surface area contributed by atoms with Gasteiger partial charge in [-0.15, -0.1) is 24.0 Å². The van der Waals surface area contributed by atoms with Crippen LogP contribution in [0.15, 0.2) is 23.2 Å². The quantitative estimate of drug-likeness (QED) is 0.191. The number of aromatic amines is 1. The number of aromatic nitrogens is 1. The molecule has 0 saturated carbocycles. The van der Waals surface area contributed by atoms with Crippen LogP contribution in [0.1, 0.15) is 44.7 Å². The minimum absolute atomic E-state index is 0.